The molecule has 4 heteroatoms. The lowest BCUT2D eigenvalue weighted by atomic mass is 10.2. The van der Waals surface area contributed by atoms with Crippen LogP contribution in [0, 0.1) is 0 Å². The van der Waals surface area contributed by atoms with Gasteiger partial charge in [-0.1, -0.05) is 33.6 Å². The molecule has 3 aromatic rings. The van der Waals surface area contributed by atoms with E-state index in [1.165, 1.54) is 5.56 Å². The van der Waals surface area contributed by atoms with Gasteiger partial charge in [0.15, 0.2) is 0 Å². The standard InChI is InChI=1S/C16H13BrClNO/c1-20-12-5-6-14(17)11(9-12)10-19-8-7-13-15(18)3-2-4-16(13)19/h2-9H,10H2,1H3. The third-order valence-electron chi connectivity index (χ3n) is 3.35. The van der Waals surface area contributed by atoms with Crippen LogP contribution >= 0.6 is 27.5 Å². The fourth-order valence-electron chi connectivity index (χ4n) is 2.31. The Bertz CT molecular complexity index is 766. The Kier molecular flexibility index (Phi) is 3.72. The summed E-state index contributed by atoms with van der Waals surface area (Å²) in [4.78, 5) is 0. The molecule has 0 radical (unpaired) electrons. The zero-order valence-electron chi connectivity index (χ0n) is 10.9. The Hall–Kier alpha value is -1.45. The summed E-state index contributed by atoms with van der Waals surface area (Å²) < 4.78 is 8.54. The average Bonchev–Trinajstić information content (AvgIpc) is 2.86. The fourth-order valence-corrected chi connectivity index (χ4v) is 2.91. The molecule has 1 aromatic heterocycles. The molecular formula is C16H13BrClNO. The summed E-state index contributed by atoms with van der Waals surface area (Å²) in [5, 5.41) is 1.86. The highest BCUT2D eigenvalue weighted by Gasteiger charge is 2.07. The van der Waals surface area contributed by atoms with E-state index in [-0.39, 0.29) is 0 Å². The van der Waals surface area contributed by atoms with Gasteiger partial charge in [0.05, 0.1) is 7.11 Å². The summed E-state index contributed by atoms with van der Waals surface area (Å²) in [5.74, 6) is 0.859. The van der Waals surface area contributed by atoms with Gasteiger partial charge >= 0.3 is 0 Å². The van der Waals surface area contributed by atoms with Crippen LogP contribution in [0.3, 0.4) is 0 Å². The Morgan fingerprint density at radius 3 is 2.85 bits per heavy atom. The van der Waals surface area contributed by atoms with Crippen molar-refractivity contribution in [3.8, 4) is 5.75 Å². The minimum absolute atomic E-state index is 0.766. The molecule has 1 heterocycles. The van der Waals surface area contributed by atoms with Crippen LogP contribution in [0.4, 0.5) is 0 Å². The number of benzene rings is 2. The molecule has 20 heavy (non-hydrogen) atoms. The molecule has 0 amide bonds. The van der Waals surface area contributed by atoms with Gasteiger partial charge in [-0.2, -0.15) is 0 Å². The zero-order valence-corrected chi connectivity index (χ0v) is 13.3. The highest BCUT2D eigenvalue weighted by Crippen LogP contribution is 2.27. The number of halogens is 2. The number of methoxy groups -OCH3 is 1. The molecule has 0 spiro atoms. The Balaban J connectivity index is 2.03. The van der Waals surface area contributed by atoms with Gasteiger partial charge in [-0.25, -0.2) is 0 Å². The van der Waals surface area contributed by atoms with E-state index in [4.69, 9.17) is 16.3 Å². The molecule has 2 nitrogen and oxygen atoms in total. The Morgan fingerprint density at radius 1 is 1.20 bits per heavy atom. The molecule has 0 saturated carbocycles. The van der Waals surface area contributed by atoms with Crippen molar-refractivity contribution in [3.05, 3.63) is 63.7 Å². The number of rotatable bonds is 3. The summed E-state index contributed by atoms with van der Waals surface area (Å²) in [6.07, 6.45) is 2.06. The molecule has 0 N–H and O–H groups in total. The van der Waals surface area contributed by atoms with E-state index in [0.29, 0.717) is 0 Å². The first kappa shape index (κ1) is 13.5. The van der Waals surface area contributed by atoms with E-state index in [1.807, 2.05) is 36.4 Å². The van der Waals surface area contributed by atoms with Gasteiger partial charge in [0, 0.05) is 33.1 Å². The molecule has 0 saturated heterocycles. The molecule has 0 atom stereocenters. The van der Waals surface area contributed by atoms with Crippen molar-refractivity contribution in [2.75, 3.05) is 7.11 Å². The third-order valence-corrected chi connectivity index (χ3v) is 4.46. The number of fused-ring (bicyclic) bond motifs is 1. The first-order valence-corrected chi connectivity index (χ1v) is 7.42. The van der Waals surface area contributed by atoms with Gasteiger partial charge < -0.3 is 9.30 Å². The lowest BCUT2D eigenvalue weighted by Gasteiger charge is -2.10. The van der Waals surface area contributed by atoms with E-state index < -0.39 is 0 Å². The quantitative estimate of drug-likeness (QED) is 0.640. The maximum Gasteiger partial charge on any atom is 0.119 e. The van der Waals surface area contributed by atoms with Gasteiger partial charge in [0.25, 0.3) is 0 Å². The smallest absolute Gasteiger partial charge is 0.119 e. The first-order valence-electron chi connectivity index (χ1n) is 6.25. The van der Waals surface area contributed by atoms with E-state index in [9.17, 15) is 0 Å². The van der Waals surface area contributed by atoms with Crippen molar-refractivity contribution in [2.45, 2.75) is 6.54 Å². The van der Waals surface area contributed by atoms with E-state index in [2.05, 4.69) is 32.8 Å². The summed E-state index contributed by atoms with van der Waals surface area (Å²) in [7, 11) is 1.68. The van der Waals surface area contributed by atoms with Crippen LogP contribution in [-0.4, -0.2) is 11.7 Å². The molecule has 0 aliphatic carbocycles. The first-order chi connectivity index (χ1) is 9.69. The molecule has 0 aliphatic heterocycles. The molecule has 0 aliphatic rings. The molecule has 0 bridgehead atoms. The van der Waals surface area contributed by atoms with E-state index in [1.54, 1.807) is 7.11 Å². The van der Waals surface area contributed by atoms with Crippen LogP contribution in [0.1, 0.15) is 5.56 Å². The summed E-state index contributed by atoms with van der Waals surface area (Å²) in [6, 6.07) is 14.0. The summed E-state index contributed by atoms with van der Waals surface area (Å²) in [6.45, 7) is 0.766. The predicted octanol–water partition coefficient (Wildman–Crippen LogP) is 5.11. The molecule has 102 valence electrons. The second-order valence-electron chi connectivity index (χ2n) is 4.57. The molecule has 2 aromatic carbocycles. The molecule has 3 rings (SSSR count). The lowest BCUT2D eigenvalue weighted by molar-refractivity contribution is 0.414. The van der Waals surface area contributed by atoms with Crippen LogP contribution in [0.2, 0.25) is 5.02 Å². The van der Waals surface area contributed by atoms with Gasteiger partial charge in [-0.15, -0.1) is 0 Å². The maximum atomic E-state index is 6.21. The minimum atomic E-state index is 0.766. The van der Waals surface area contributed by atoms with Crippen LogP contribution in [0.5, 0.6) is 5.75 Å². The van der Waals surface area contributed by atoms with Crippen molar-refractivity contribution in [2.24, 2.45) is 0 Å². The molecule has 0 fully saturated rings. The van der Waals surface area contributed by atoms with Crippen molar-refractivity contribution < 1.29 is 4.74 Å². The zero-order chi connectivity index (χ0) is 14.1. The second-order valence-corrected chi connectivity index (χ2v) is 5.84. The van der Waals surface area contributed by atoms with Gasteiger partial charge in [-0.05, 0) is 42.0 Å². The number of nitrogens with zero attached hydrogens (tertiary/aromatic N) is 1. The minimum Gasteiger partial charge on any atom is -0.497 e. The topological polar surface area (TPSA) is 14.2 Å². The normalized spacial score (nSPS) is 10.9. The molecular weight excluding hydrogens is 338 g/mol. The fraction of sp³-hybridized carbons (Fsp3) is 0.125. The van der Waals surface area contributed by atoms with Crippen LogP contribution in [0.15, 0.2) is 53.1 Å². The van der Waals surface area contributed by atoms with Crippen molar-refractivity contribution in [1.82, 2.24) is 4.57 Å². The number of hydrogen-bond acceptors (Lipinski definition) is 1. The maximum absolute atomic E-state index is 6.21. The monoisotopic (exact) mass is 349 g/mol. The predicted molar refractivity (Wildman–Crippen MR) is 86.7 cm³/mol. The van der Waals surface area contributed by atoms with E-state index >= 15 is 0 Å². The number of hydrogen-bond donors (Lipinski definition) is 0. The van der Waals surface area contributed by atoms with Crippen molar-refractivity contribution in [3.63, 3.8) is 0 Å². The summed E-state index contributed by atoms with van der Waals surface area (Å²) in [5.41, 5.74) is 2.30. The lowest BCUT2D eigenvalue weighted by Crippen LogP contribution is -1.99. The average molecular weight is 351 g/mol. The van der Waals surface area contributed by atoms with Crippen molar-refractivity contribution >= 4 is 38.4 Å². The largest absolute Gasteiger partial charge is 0.497 e. The summed E-state index contributed by atoms with van der Waals surface area (Å²) >= 11 is 9.80. The molecule has 0 unspecified atom stereocenters. The highest BCUT2D eigenvalue weighted by molar-refractivity contribution is 9.10. The van der Waals surface area contributed by atoms with Gasteiger partial charge in [-0.3, -0.25) is 0 Å². The van der Waals surface area contributed by atoms with Crippen LogP contribution in [0.25, 0.3) is 10.9 Å². The SMILES string of the molecule is COc1ccc(Br)c(Cn2ccc3c(Cl)cccc32)c1. The van der Waals surface area contributed by atoms with Gasteiger partial charge in [0.1, 0.15) is 5.75 Å². The number of ether oxygens (including phenoxy) is 1. The van der Waals surface area contributed by atoms with Crippen LogP contribution < -0.4 is 4.74 Å². The van der Waals surface area contributed by atoms with Crippen molar-refractivity contribution in [1.29, 1.82) is 0 Å². The Morgan fingerprint density at radius 2 is 2.05 bits per heavy atom. The highest BCUT2D eigenvalue weighted by atomic mass is 79.9. The number of aromatic nitrogens is 1. The van der Waals surface area contributed by atoms with E-state index in [0.717, 1.165) is 32.7 Å². The second kappa shape index (κ2) is 5.51. The Labute approximate surface area is 131 Å². The van der Waals surface area contributed by atoms with Gasteiger partial charge in [0.2, 0.25) is 0 Å². The van der Waals surface area contributed by atoms with Crippen LogP contribution in [-0.2, 0) is 6.54 Å². The third kappa shape index (κ3) is 2.43.